The number of rotatable bonds is 18. The molecular weight excluding hydrogens is 551 g/mol. The van der Waals surface area contributed by atoms with E-state index in [-0.39, 0.29) is 46.8 Å². The molecule has 11 heteroatoms. The number of benzene rings is 1. The van der Waals surface area contributed by atoms with Crippen LogP contribution in [-0.2, 0) is 19.1 Å². The molecule has 43 heavy (non-hydrogen) atoms. The van der Waals surface area contributed by atoms with Gasteiger partial charge in [-0.1, -0.05) is 39.2 Å². The van der Waals surface area contributed by atoms with Gasteiger partial charge in [0.05, 0.1) is 36.5 Å². The zero-order valence-electron chi connectivity index (χ0n) is 25.6. The molecule has 0 bridgehead atoms. The Bertz CT molecular complexity index is 1280. The van der Waals surface area contributed by atoms with Crippen LogP contribution >= 0.6 is 0 Å². The molecule has 0 aliphatic carbocycles. The van der Waals surface area contributed by atoms with Crippen molar-refractivity contribution in [2.75, 3.05) is 25.1 Å². The summed E-state index contributed by atoms with van der Waals surface area (Å²) in [6.07, 6.45) is 10.4. The molecule has 1 atom stereocenters. The molecule has 1 saturated heterocycles. The molecule has 1 heterocycles. The fraction of sp³-hybridized carbons (Fsp3) is 0.438. The van der Waals surface area contributed by atoms with E-state index in [4.69, 9.17) is 26.0 Å². The molecule has 0 aromatic heterocycles. The summed E-state index contributed by atoms with van der Waals surface area (Å²) < 4.78 is 25.2. The van der Waals surface area contributed by atoms with Gasteiger partial charge in [0, 0.05) is 47.1 Å². The van der Waals surface area contributed by atoms with Crippen molar-refractivity contribution in [2.45, 2.75) is 65.8 Å². The van der Waals surface area contributed by atoms with Gasteiger partial charge in [-0.15, -0.1) is 0 Å². The van der Waals surface area contributed by atoms with E-state index in [2.05, 4.69) is 29.5 Å². The summed E-state index contributed by atoms with van der Waals surface area (Å²) in [6, 6.07) is 4.11. The number of halogens is 1. The molecule has 0 spiro atoms. The Morgan fingerprint density at radius 1 is 1.23 bits per heavy atom. The first-order valence-corrected chi connectivity index (χ1v) is 14.5. The summed E-state index contributed by atoms with van der Waals surface area (Å²) in [5.41, 5.74) is 6.73. The third-order valence-corrected chi connectivity index (χ3v) is 6.87. The average molecular weight is 597 g/mol. The van der Waals surface area contributed by atoms with Gasteiger partial charge in [0.1, 0.15) is 11.6 Å². The molecular formula is C32H45FN6O4. The summed E-state index contributed by atoms with van der Waals surface area (Å²) >= 11 is 0. The number of amides is 1. The number of esters is 1. The third kappa shape index (κ3) is 10.8. The van der Waals surface area contributed by atoms with Crippen molar-refractivity contribution >= 4 is 29.5 Å². The van der Waals surface area contributed by atoms with Crippen molar-refractivity contribution in [3.8, 4) is 0 Å². The van der Waals surface area contributed by atoms with E-state index in [0.717, 1.165) is 38.0 Å². The highest BCUT2D eigenvalue weighted by atomic mass is 19.1. The number of ether oxygens (including phenoxy) is 2. The Labute approximate surface area is 253 Å². The van der Waals surface area contributed by atoms with Crippen LogP contribution in [0.5, 0.6) is 0 Å². The number of carbonyl (C=O) groups excluding carboxylic acids is 2. The van der Waals surface area contributed by atoms with Crippen molar-refractivity contribution in [2.24, 2.45) is 11.1 Å². The normalized spacial score (nSPS) is 15.5. The van der Waals surface area contributed by atoms with Crippen LogP contribution in [0.4, 0.5) is 10.1 Å². The smallest absolute Gasteiger partial charge is 0.341 e. The van der Waals surface area contributed by atoms with Crippen LogP contribution in [0.3, 0.4) is 0 Å². The number of anilines is 1. The predicted octanol–water partition coefficient (Wildman–Crippen LogP) is 5.04. The predicted molar refractivity (Wildman–Crippen MR) is 168 cm³/mol. The lowest BCUT2D eigenvalue weighted by Gasteiger charge is -2.40. The second kappa shape index (κ2) is 17.0. The van der Waals surface area contributed by atoms with Crippen LogP contribution in [-0.4, -0.2) is 49.7 Å². The summed E-state index contributed by atoms with van der Waals surface area (Å²) in [4.78, 5) is 24.6. The molecule has 2 rings (SSSR count). The maximum Gasteiger partial charge on any atom is 0.341 e. The molecule has 0 saturated carbocycles. The topological polar surface area (TPSA) is 162 Å². The molecule has 7 N–H and O–H groups in total. The first-order valence-electron chi connectivity index (χ1n) is 14.5. The molecule has 234 valence electrons. The van der Waals surface area contributed by atoms with E-state index in [9.17, 15) is 14.0 Å². The van der Waals surface area contributed by atoms with Crippen LogP contribution in [0.2, 0.25) is 0 Å². The summed E-state index contributed by atoms with van der Waals surface area (Å²) in [5, 5.41) is 24.6. The van der Waals surface area contributed by atoms with Gasteiger partial charge in [-0.3, -0.25) is 4.79 Å². The van der Waals surface area contributed by atoms with Crippen molar-refractivity contribution < 1.29 is 23.5 Å². The lowest BCUT2D eigenvalue weighted by atomic mass is 9.83. The van der Waals surface area contributed by atoms with E-state index in [1.807, 2.05) is 13.8 Å². The van der Waals surface area contributed by atoms with Crippen LogP contribution < -0.4 is 21.7 Å². The molecule has 1 fully saturated rings. The Hall–Kier alpha value is -4.25. The minimum atomic E-state index is -0.691. The van der Waals surface area contributed by atoms with E-state index >= 15 is 0 Å². The van der Waals surface area contributed by atoms with Crippen molar-refractivity contribution in [1.29, 1.82) is 10.8 Å². The van der Waals surface area contributed by atoms with Crippen LogP contribution in [0, 0.1) is 22.1 Å². The quantitative estimate of drug-likeness (QED) is 0.0454. The summed E-state index contributed by atoms with van der Waals surface area (Å²) in [7, 11) is 0. The molecule has 1 aliphatic heterocycles. The maximum atomic E-state index is 14.9. The van der Waals surface area contributed by atoms with E-state index in [1.54, 1.807) is 13.0 Å². The van der Waals surface area contributed by atoms with Crippen LogP contribution in [0.1, 0.15) is 65.4 Å². The molecule has 0 radical (unpaired) electrons. The van der Waals surface area contributed by atoms with E-state index < -0.39 is 17.2 Å². The molecule has 0 unspecified atom stereocenters. The van der Waals surface area contributed by atoms with Crippen LogP contribution in [0.15, 0.2) is 65.8 Å². The minimum Gasteiger partial charge on any atom is -0.462 e. The Morgan fingerprint density at radius 2 is 1.95 bits per heavy atom. The SMILES string of the molecule is C=C(/C=C(\N/C(N)=C\C(=N)c1ccc(N/C=C(\C=N)C(=O)OCC)cc1F)C1(C)COC1)C(=O)N[C@H](C)CCCCCC. The van der Waals surface area contributed by atoms with Gasteiger partial charge < -0.3 is 42.0 Å². The first kappa shape index (κ1) is 34.9. The lowest BCUT2D eigenvalue weighted by molar-refractivity contribution is -0.137. The Balaban J connectivity index is 2.12. The van der Waals surface area contributed by atoms with Crippen molar-refractivity contribution in [3.05, 3.63) is 77.2 Å². The fourth-order valence-corrected chi connectivity index (χ4v) is 4.21. The Morgan fingerprint density at radius 3 is 2.53 bits per heavy atom. The number of carbonyl (C=O) groups is 2. The minimum absolute atomic E-state index is 0.00243. The van der Waals surface area contributed by atoms with Gasteiger partial charge in [0.25, 0.3) is 5.91 Å². The zero-order valence-corrected chi connectivity index (χ0v) is 25.6. The van der Waals surface area contributed by atoms with Gasteiger partial charge in [-0.2, -0.15) is 0 Å². The number of nitrogens with two attached hydrogens (primary N) is 1. The van der Waals surface area contributed by atoms with Crippen LogP contribution in [0.25, 0.3) is 0 Å². The van der Waals surface area contributed by atoms with Crippen molar-refractivity contribution in [1.82, 2.24) is 10.6 Å². The van der Waals surface area contributed by atoms with Gasteiger partial charge in [0.2, 0.25) is 0 Å². The zero-order chi connectivity index (χ0) is 32.0. The molecule has 1 aromatic carbocycles. The lowest BCUT2D eigenvalue weighted by Crippen LogP contribution is -2.46. The second-order valence-electron chi connectivity index (χ2n) is 10.8. The molecule has 10 nitrogen and oxygen atoms in total. The maximum absolute atomic E-state index is 14.9. The molecule has 1 amide bonds. The van der Waals surface area contributed by atoms with Gasteiger partial charge in [0.15, 0.2) is 0 Å². The van der Waals surface area contributed by atoms with Gasteiger partial charge in [-0.25, -0.2) is 9.18 Å². The molecule has 1 aromatic rings. The average Bonchev–Trinajstić information content (AvgIpc) is 2.94. The second-order valence-corrected chi connectivity index (χ2v) is 10.8. The third-order valence-electron chi connectivity index (χ3n) is 6.87. The fourth-order valence-electron chi connectivity index (χ4n) is 4.21. The number of nitrogens with one attached hydrogen (secondary N) is 5. The van der Waals surface area contributed by atoms with Gasteiger partial charge >= 0.3 is 5.97 Å². The highest BCUT2D eigenvalue weighted by molar-refractivity contribution is 6.09. The van der Waals surface area contributed by atoms with E-state index in [1.165, 1.54) is 30.8 Å². The summed E-state index contributed by atoms with van der Waals surface area (Å²) in [6.45, 7) is 12.7. The number of allylic oxidation sites excluding steroid dienone is 1. The molecule has 1 aliphatic rings. The van der Waals surface area contributed by atoms with E-state index in [0.29, 0.717) is 24.6 Å². The number of hydrogen-bond acceptors (Lipinski definition) is 9. The standard InChI is InChI=1S/C32H45FN6O4/c1-6-8-9-10-11-22(4)38-30(40)21(3)14-28(32(5)19-42-20-32)39-29(36)16-27(35)25-13-12-24(15-26(25)33)37-18-23(17-34)31(41)43-7-2/h12-18,22,34-35,37,39H,3,6-11,19-20,36H2,1-2,4-5H3,(H,38,40)/b23-18+,28-14-,29-16-,34-17?,35-27?/t22-/m1/s1. The van der Waals surface area contributed by atoms with Gasteiger partial charge in [-0.05, 0) is 51.5 Å². The highest BCUT2D eigenvalue weighted by Gasteiger charge is 2.38. The largest absolute Gasteiger partial charge is 0.462 e. The Kier molecular flexibility index (Phi) is 13.8. The first-order chi connectivity index (χ1) is 20.4. The van der Waals surface area contributed by atoms with Crippen molar-refractivity contribution in [3.63, 3.8) is 0 Å². The number of unbranched alkanes of at least 4 members (excludes halogenated alkanes) is 3. The number of hydrogen-bond donors (Lipinski definition) is 6. The summed E-state index contributed by atoms with van der Waals surface area (Å²) in [5.74, 6) is -1.56. The highest BCUT2D eigenvalue weighted by Crippen LogP contribution is 2.34. The monoisotopic (exact) mass is 596 g/mol.